The van der Waals surface area contributed by atoms with Crippen LogP contribution in [0.1, 0.15) is 15.9 Å². The molecule has 156 valence electrons. The molecule has 0 radical (unpaired) electrons. The van der Waals surface area contributed by atoms with Gasteiger partial charge in [0, 0.05) is 43.1 Å². The molecular weight excluding hydrogens is 385 g/mol. The minimum atomic E-state index is -4.54. The molecule has 0 aliphatic carbocycles. The number of methoxy groups -OCH3 is 1. The van der Waals surface area contributed by atoms with Gasteiger partial charge in [-0.1, -0.05) is 0 Å². The minimum absolute atomic E-state index is 0.0657. The van der Waals surface area contributed by atoms with Crippen LogP contribution < -0.4 is 20.7 Å². The van der Waals surface area contributed by atoms with Crippen molar-refractivity contribution in [1.29, 1.82) is 0 Å². The van der Waals surface area contributed by atoms with Gasteiger partial charge in [0.2, 0.25) is 0 Å². The van der Waals surface area contributed by atoms with Gasteiger partial charge in [0.15, 0.2) is 0 Å². The third-order valence-corrected chi connectivity index (χ3v) is 4.90. The Labute approximate surface area is 167 Å². The van der Waals surface area contributed by atoms with Gasteiger partial charge in [-0.2, -0.15) is 13.2 Å². The number of ether oxygens (including phenoxy) is 1. The zero-order chi connectivity index (χ0) is 21.2. The average molecular weight is 408 g/mol. The van der Waals surface area contributed by atoms with E-state index in [-0.39, 0.29) is 16.9 Å². The molecule has 9 heteroatoms. The van der Waals surface area contributed by atoms with E-state index in [0.717, 1.165) is 6.07 Å². The van der Waals surface area contributed by atoms with Gasteiger partial charge in [-0.15, -0.1) is 0 Å². The lowest BCUT2D eigenvalue weighted by Gasteiger charge is -2.35. The SMILES string of the molecule is COc1cc(C(=O)Nc2ccc(N3CCN(C)CC3)c(C(F)(F)F)c2)ccc1N. The van der Waals surface area contributed by atoms with Crippen LogP contribution in [0.15, 0.2) is 36.4 Å². The van der Waals surface area contributed by atoms with Crippen LogP contribution in [0.25, 0.3) is 0 Å². The predicted octanol–water partition coefficient (Wildman–Crippen LogP) is 3.30. The summed E-state index contributed by atoms with van der Waals surface area (Å²) in [4.78, 5) is 16.3. The fourth-order valence-electron chi connectivity index (χ4n) is 3.22. The largest absolute Gasteiger partial charge is 0.495 e. The van der Waals surface area contributed by atoms with Crippen LogP contribution in [0.4, 0.5) is 30.2 Å². The molecule has 1 aliphatic heterocycles. The molecule has 1 saturated heterocycles. The van der Waals surface area contributed by atoms with Crippen molar-refractivity contribution in [2.45, 2.75) is 6.18 Å². The van der Waals surface area contributed by atoms with Gasteiger partial charge in [-0.05, 0) is 43.4 Å². The third-order valence-electron chi connectivity index (χ3n) is 4.90. The summed E-state index contributed by atoms with van der Waals surface area (Å²) in [5.41, 5.74) is 5.74. The lowest BCUT2D eigenvalue weighted by molar-refractivity contribution is -0.137. The fourth-order valence-corrected chi connectivity index (χ4v) is 3.22. The first-order valence-electron chi connectivity index (χ1n) is 9.08. The van der Waals surface area contributed by atoms with Crippen molar-refractivity contribution in [3.63, 3.8) is 0 Å². The van der Waals surface area contributed by atoms with Gasteiger partial charge in [0.1, 0.15) is 5.75 Å². The molecule has 1 fully saturated rings. The predicted molar refractivity (Wildman–Crippen MR) is 107 cm³/mol. The molecule has 0 bridgehead atoms. The fraction of sp³-hybridized carbons (Fsp3) is 0.350. The van der Waals surface area contributed by atoms with E-state index < -0.39 is 17.6 Å². The summed E-state index contributed by atoms with van der Waals surface area (Å²) in [6.45, 7) is 2.40. The second kappa shape index (κ2) is 8.20. The monoisotopic (exact) mass is 408 g/mol. The second-order valence-corrected chi connectivity index (χ2v) is 6.93. The molecule has 1 heterocycles. The molecule has 0 spiro atoms. The van der Waals surface area contributed by atoms with Crippen LogP contribution >= 0.6 is 0 Å². The number of hydrogen-bond acceptors (Lipinski definition) is 5. The number of nitrogens with zero attached hydrogens (tertiary/aromatic N) is 2. The Morgan fingerprint density at radius 3 is 2.41 bits per heavy atom. The number of nitrogens with one attached hydrogen (secondary N) is 1. The molecular formula is C20H23F3N4O2. The lowest BCUT2D eigenvalue weighted by atomic mass is 10.1. The van der Waals surface area contributed by atoms with Crippen LogP contribution in [-0.2, 0) is 6.18 Å². The Morgan fingerprint density at radius 1 is 1.10 bits per heavy atom. The molecule has 1 aliphatic rings. The summed E-state index contributed by atoms with van der Waals surface area (Å²) in [5.74, 6) is -0.234. The van der Waals surface area contributed by atoms with E-state index in [0.29, 0.717) is 37.6 Å². The van der Waals surface area contributed by atoms with Gasteiger partial charge in [0.05, 0.1) is 18.4 Å². The maximum absolute atomic E-state index is 13.7. The first-order chi connectivity index (χ1) is 13.7. The highest BCUT2D eigenvalue weighted by molar-refractivity contribution is 6.05. The summed E-state index contributed by atoms with van der Waals surface area (Å²) in [6, 6.07) is 8.29. The smallest absolute Gasteiger partial charge is 0.418 e. The van der Waals surface area contributed by atoms with Crippen molar-refractivity contribution in [1.82, 2.24) is 4.90 Å². The summed E-state index contributed by atoms with van der Waals surface area (Å²) in [6.07, 6.45) is -4.54. The number of likely N-dealkylation sites (N-methyl/N-ethyl adjacent to an activating group) is 1. The highest BCUT2D eigenvalue weighted by Gasteiger charge is 2.36. The van der Waals surface area contributed by atoms with Gasteiger partial charge in [-0.25, -0.2) is 0 Å². The quantitative estimate of drug-likeness (QED) is 0.760. The average Bonchev–Trinajstić information content (AvgIpc) is 2.68. The van der Waals surface area contributed by atoms with E-state index in [1.807, 2.05) is 7.05 Å². The van der Waals surface area contributed by atoms with E-state index in [9.17, 15) is 18.0 Å². The van der Waals surface area contributed by atoms with Gasteiger partial charge >= 0.3 is 6.18 Å². The summed E-state index contributed by atoms with van der Waals surface area (Å²) >= 11 is 0. The molecule has 29 heavy (non-hydrogen) atoms. The van der Waals surface area contributed by atoms with E-state index in [4.69, 9.17) is 10.5 Å². The Hall–Kier alpha value is -2.94. The van der Waals surface area contributed by atoms with Crippen LogP contribution in [-0.4, -0.2) is 51.1 Å². The number of anilines is 3. The number of piperazine rings is 1. The first kappa shape index (κ1) is 20.8. The van der Waals surface area contributed by atoms with Crippen LogP contribution in [0.3, 0.4) is 0 Å². The number of amides is 1. The molecule has 0 unspecified atom stereocenters. The zero-order valence-electron chi connectivity index (χ0n) is 16.2. The molecule has 0 atom stereocenters. The molecule has 0 saturated carbocycles. The van der Waals surface area contributed by atoms with Crippen molar-refractivity contribution < 1.29 is 22.7 Å². The highest BCUT2D eigenvalue weighted by Crippen LogP contribution is 2.38. The van der Waals surface area contributed by atoms with Gasteiger partial charge < -0.3 is 25.6 Å². The topological polar surface area (TPSA) is 70.8 Å². The number of nitrogen functional groups attached to an aromatic ring is 1. The van der Waals surface area contributed by atoms with E-state index in [1.54, 1.807) is 4.90 Å². The number of alkyl halides is 3. The maximum atomic E-state index is 13.7. The Bertz CT molecular complexity index is 894. The van der Waals surface area contributed by atoms with Crippen molar-refractivity contribution in [2.24, 2.45) is 0 Å². The number of benzene rings is 2. The maximum Gasteiger partial charge on any atom is 0.418 e. The lowest BCUT2D eigenvalue weighted by Crippen LogP contribution is -2.45. The molecule has 3 N–H and O–H groups in total. The summed E-state index contributed by atoms with van der Waals surface area (Å²) in [5, 5.41) is 2.52. The van der Waals surface area contributed by atoms with E-state index in [2.05, 4.69) is 10.2 Å². The highest BCUT2D eigenvalue weighted by atomic mass is 19.4. The number of halogens is 3. The van der Waals surface area contributed by atoms with Crippen LogP contribution in [0.2, 0.25) is 0 Å². The molecule has 1 amide bonds. The number of carbonyl (C=O) groups excluding carboxylic acids is 1. The molecule has 2 aromatic carbocycles. The number of rotatable bonds is 4. The first-order valence-corrected chi connectivity index (χ1v) is 9.08. The van der Waals surface area contributed by atoms with Crippen molar-refractivity contribution in [2.75, 3.05) is 56.3 Å². The normalized spacial score (nSPS) is 15.3. The van der Waals surface area contributed by atoms with Crippen molar-refractivity contribution >= 4 is 23.0 Å². The summed E-state index contributed by atoms with van der Waals surface area (Å²) < 4.78 is 46.1. The Morgan fingerprint density at radius 2 is 1.79 bits per heavy atom. The molecule has 3 rings (SSSR count). The standard InChI is InChI=1S/C20H23F3N4O2/c1-26-7-9-27(10-8-26)17-6-4-14(12-15(17)20(21,22)23)25-19(28)13-3-5-16(24)18(11-13)29-2/h3-6,11-12H,7-10,24H2,1-2H3,(H,25,28). The van der Waals surface area contributed by atoms with Crippen LogP contribution in [0.5, 0.6) is 5.75 Å². The van der Waals surface area contributed by atoms with Gasteiger partial charge in [-0.3, -0.25) is 4.79 Å². The Kier molecular flexibility index (Phi) is 5.88. The number of carbonyl (C=O) groups is 1. The minimum Gasteiger partial charge on any atom is -0.495 e. The van der Waals surface area contributed by atoms with Crippen molar-refractivity contribution in [3.8, 4) is 5.75 Å². The molecule has 6 nitrogen and oxygen atoms in total. The number of nitrogens with two attached hydrogens (primary N) is 1. The molecule has 0 aromatic heterocycles. The van der Waals surface area contributed by atoms with E-state index >= 15 is 0 Å². The Balaban J connectivity index is 1.86. The van der Waals surface area contributed by atoms with Crippen LogP contribution in [0, 0.1) is 0 Å². The zero-order valence-corrected chi connectivity index (χ0v) is 16.2. The molecule has 2 aromatic rings. The van der Waals surface area contributed by atoms with Crippen molar-refractivity contribution in [3.05, 3.63) is 47.5 Å². The summed E-state index contributed by atoms with van der Waals surface area (Å²) in [7, 11) is 3.35. The third kappa shape index (κ3) is 4.73. The second-order valence-electron chi connectivity index (χ2n) is 6.93. The number of hydrogen-bond donors (Lipinski definition) is 2. The van der Waals surface area contributed by atoms with E-state index in [1.165, 1.54) is 37.4 Å². The van der Waals surface area contributed by atoms with Gasteiger partial charge in [0.25, 0.3) is 5.91 Å².